The lowest BCUT2D eigenvalue weighted by Gasteiger charge is -2.23. The van der Waals surface area contributed by atoms with Gasteiger partial charge in [-0.1, -0.05) is 0 Å². The van der Waals surface area contributed by atoms with E-state index in [1.165, 1.54) is 0 Å². The van der Waals surface area contributed by atoms with Crippen LogP contribution < -0.4 is 5.43 Å². The van der Waals surface area contributed by atoms with Crippen LogP contribution in [0.25, 0.3) is 0 Å². The van der Waals surface area contributed by atoms with Gasteiger partial charge < -0.3 is 14.6 Å². The van der Waals surface area contributed by atoms with Gasteiger partial charge in [-0.15, -0.1) is 0 Å². The normalized spacial score (nSPS) is 17.4. The number of nitrogens with zero attached hydrogens (tertiary/aromatic N) is 2. The van der Waals surface area contributed by atoms with E-state index in [0.717, 1.165) is 5.56 Å². The number of ether oxygens (including phenoxy) is 2. The van der Waals surface area contributed by atoms with Gasteiger partial charge in [-0.3, -0.25) is 4.98 Å². The summed E-state index contributed by atoms with van der Waals surface area (Å²) in [4.78, 5) is 14.4. The minimum Gasteiger partial charge on any atom is -0.464 e. The summed E-state index contributed by atoms with van der Waals surface area (Å²) in [6.07, 6.45) is 2.03. The third-order valence-corrected chi connectivity index (χ3v) is 2.44. The Morgan fingerprint density at radius 2 is 2.06 bits per heavy atom. The van der Waals surface area contributed by atoms with E-state index in [-0.39, 0.29) is 12.7 Å². The highest BCUT2D eigenvalue weighted by Crippen LogP contribution is 2.14. The zero-order valence-electron chi connectivity index (χ0n) is 9.57. The lowest BCUT2D eigenvalue weighted by molar-refractivity contribution is -0.111. The fraction of sp³-hybridized carbons (Fsp3) is 0.364. The van der Waals surface area contributed by atoms with Crippen LogP contribution >= 0.6 is 0 Å². The van der Waals surface area contributed by atoms with Gasteiger partial charge in [0.1, 0.15) is 6.79 Å². The van der Waals surface area contributed by atoms with Crippen LogP contribution in [0.2, 0.25) is 0 Å². The van der Waals surface area contributed by atoms with E-state index in [4.69, 9.17) is 14.6 Å². The summed E-state index contributed by atoms with van der Waals surface area (Å²) in [7, 11) is 0. The number of carbonyl (C=O) groups is 1. The van der Waals surface area contributed by atoms with Crippen LogP contribution in [-0.4, -0.2) is 41.9 Å². The number of hydrogen-bond acceptors (Lipinski definition) is 5. The summed E-state index contributed by atoms with van der Waals surface area (Å²) >= 11 is 0. The second kappa shape index (κ2) is 6.08. The molecular formula is C11H13N3O4. The maximum absolute atomic E-state index is 10.5. The molecule has 2 heterocycles. The van der Waals surface area contributed by atoms with Crippen molar-refractivity contribution in [1.82, 2.24) is 10.4 Å². The van der Waals surface area contributed by atoms with Crippen molar-refractivity contribution in [2.24, 2.45) is 11.0 Å². The van der Waals surface area contributed by atoms with Crippen molar-refractivity contribution >= 4 is 11.8 Å². The highest BCUT2D eigenvalue weighted by molar-refractivity contribution is 6.02. The van der Waals surface area contributed by atoms with Gasteiger partial charge >= 0.3 is 6.09 Å². The molecular weight excluding hydrogens is 238 g/mol. The van der Waals surface area contributed by atoms with Crippen molar-refractivity contribution < 1.29 is 19.4 Å². The molecule has 0 radical (unpaired) electrons. The third kappa shape index (κ3) is 3.25. The molecule has 0 atom stereocenters. The van der Waals surface area contributed by atoms with Crippen LogP contribution in [0.1, 0.15) is 5.56 Å². The fourth-order valence-electron chi connectivity index (χ4n) is 1.67. The van der Waals surface area contributed by atoms with Gasteiger partial charge in [-0.2, -0.15) is 5.10 Å². The molecule has 1 aromatic heterocycles. The van der Waals surface area contributed by atoms with Crippen LogP contribution in [-0.2, 0) is 9.47 Å². The van der Waals surface area contributed by atoms with Gasteiger partial charge in [-0.25, -0.2) is 10.2 Å². The van der Waals surface area contributed by atoms with Crippen molar-refractivity contribution in [3.05, 3.63) is 30.1 Å². The molecule has 7 nitrogen and oxygen atoms in total. The highest BCUT2D eigenvalue weighted by Gasteiger charge is 2.22. The van der Waals surface area contributed by atoms with Gasteiger partial charge in [0.2, 0.25) is 0 Å². The van der Waals surface area contributed by atoms with E-state index in [1.54, 1.807) is 24.5 Å². The van der Waals surface area contributed by atoms with Crippen LogP contribution in [0, 0.1) is 5.92 Å². The Morgan fingerprint density at radius 3 is 2.67 bits per heavy atom. The number of hydrazone groups is 1. The van der Waals surface area contributed by atoms with E-state index in [1.807, 2.05) is 5.43 Å². The van der Waals surface area contributed by atoms with E-state index < -0.39 is 6.09 Å². The predicted molar refractivity (Wildman–Crippen MR) is 62.2 cm³/mol. The van der Waals surface area contributed by atoms with E-state index in [0.29, 0.717) is 18.9 Å². The van der Waals surface area contributed by atoms with Crippen molar-refractivity contribution in [3.8, 4) is 0 Å². The number of pyridine rings is 1. The summed E-state index contributed by atoms with van der Waals surface area (Å²) in [5, 5.41) is 12.5. The van der Waals surface area contributed by atoms with Gasteiger partial charge in [0.05, 0.1) is 24.8 Å². The van der Waals surface area contributed by atoms with Crippen molar-refractivity contribution in [3.63, 3.8) is 0 Å². The zero-order valence-corrected chi connectivity index (χ0v) is 9.57. The summed E-state index contributed by atoms with van der Waals surface area (Å²) in [5.41, 5.74) is 3.39. The first-order valence-electron chi connectivity index (χ1n) is 5.40. The Morgan fingerprint density at radius 1 is 1.39 bits per heavy atom. The van der Waals surface area contributed by atoms with E-state index in [9.17, 15) is 4.79 Å². The summed E-state index contributed by atoms with van der Waals surface area (Å²) < 4.78 is 10.4. The number of amides is 1. The smallest absolute Gasteiger partial charge is 0.425 e. The molecule has 0 unspecified atom stereocenters. The molecule has 1 aromatic rings. The van der Waals surface area contributed by atoms with Crippen LogP contribution in [0.4, 0.5) is 4.79 Å². The average Bonchev–Trinajstić information content (AvgIpc) is 2.41. The van der Waals surface area contributed by atoms with E-state index in [2.05, 4.69) is 10.1 Å². The van der Waals surface area contributed by atoms with E-state index >= 15 is 0 Å². The van der Waals surface area contributed by atoms with Crippen LogP contribution in [0.15, 0.2) is 29.6 Å². The average molecular weight is 251 g/mol. The minimum atomic E-state index is -1.21. The zero-order chi connectivity index (χ0) is 12.8. The molecule has 96 valence electrons. The summed E-state index contributed by atoms with van der Waals surface area (Å²) in [6, 6.07) is 3.52. The Hall–Kier alpha value is -1.99. The monoisotopic (exact) mass is 251 g/mol. The number of rotatable bonds is 3. The largest absolute Gasteiger partial charge is 0.464 e. The highest BCUT2D eigenvalue weighted by atomic mass is 16.7. The summed E-state index contributed by atoms with van der Waals surface area (Å²) in [6.45, 7) is 1.15. The maximum Gasteiger partial charge on any atom is 0.425 e. The Balaban J connectivity index is 2.22. The summed E-state index contributed by atoms with van der Waals surface area (Å²) in [5.74, 6) is -0.104. The third-order valence-electron chi connectivity index (χ3n) is 2.44. The first kappa shape index (κ1) is 12.5. The first-order chi connectivity index (χ1) is 8.77. The number of nitrogens with one attached hydrogen (secondary N) is 1. The molecule has 2 rings (SSSR count). The second-order valence-corrected chi connectivity index (χ2v) is 3.71. The Bertz CT molecular complexity index is 429. The Labute approximate surface area is 103 Å². The lowest BCUT2D eigenvalue weighted by atomic mass is 9.98. The molecule has 18 heavy (non-hydrogen) atoms. The molecule has 0 aromatic carbocycles. The molecule has 1 aliphatic heterocycles. The first-order valence-corrected chi connectivity index (χ1v) is 5.40. The predicted octanol–water partition coefficient (Wildman–Crippen LogP) is 0.674. The number of aromatic nitrogens is 1. The molecule has 1 saturated heterocycles. The molecule has 1 amide bonds. The minimum absolute atomic E-state index is 0.104. The number of hydrogen-bond donors (Lipinski definition) is 2. The standard InChI is InChI=1S/C11H13N3O4/c15-11(16)14-13-10(8-1-3-12-4-2-8)9-5-17-7-18-6-9/h1-4,9,14H,5-7H2,(H,15,16)/b13-10-. The molecule has 7 heteroatoms. The molecule has 0 aliphatic carbocycles. The molecule has 0 saturated carbocycles. The van der Waals surface area contributed by atoms with Crippen molar-refractivity contribution in [1.29, 1.82) is 0 Å². The van der Waals surface area contributed by atoms with Crippen molar-refractivity contribution in [2.45, 2.75) is 0 Å². The van der Waals surface area contributed by atoms with Gasteiger partial charge in [0.25, 0.3) is 0 Å². The van der Waals surface area contributed by atoms with Gasteiger partial charge in [0, 0.05) is 18.0 Å². The molecule has 0 spiro atoms. The topological polar surface area (TPSA) is 93.0 Å². The second-order valence-electron chi connectivity index (χ2n) is 3.71. The molecule has 1 aliphatic rings. The molecule has 2 N–H and O–H groups in total. The fourth-order valence-corrected chi connectivity index (χ4v) is 1.67. The van der Waals surface area contributed by atoms with Gasteiger partial charge in [0.15, 0.2) is 0 Å². The van der Waals surface area contributed by atoms with Crippen LogP contribution in [0.3, 0.4) is 0 Å². The van der Waals surface area contributed by atoms with Crippen molar-refractivity contribution in [2.75, 3.05) is 20.0 Å². The van der Waals surface area contributed by atoms with Crippen LogP contribution in [0.5, 0.6) is 0 Å². The number of carboxylic acid groups (broad SMARTS) is 1. The molecule has 1 fully saturated rings. The molecule has 0 bridgehead atoms. The SMILES string of the molecule is O=C(O)N/N=C(/c1ccncc1)C1COCOC1. The maximum atomic E-state index is 10.5. The van der Waals surface area contributed by atoms with Gasteiger partial charge in [-0.05, 0) is 12.1 Å². The Kier molecular flexibility index (Phi) is 4.21. The quantitative estimate of drug-likeness (QED) is 0.608. The lowest BCUT2D eigenvalue weighted by Crippen LogP contribution is -2.33.